The maximum absolute atomic E-state index is 12.3. The molecule has 1 saturated heterocycles. The lowest BCUT2D eigenvalue weighted by atomic mass is 9.75. The predicted octanol–water partition coefficient (Wildman–Crippen LogP) is 6.41. The quantitative estimate of drug-likeness (QED) is 0.139. The number of rotatable bonds is 10. The molecule has 3 aliphatic rings. The van der Waals surface area contributed by atoms with Crippen LogP contribution in [0.25, 0.3) is 16.3 Å². The van der Waals surface area contributed by atoms with E-state index in [0.717, 1.165) is 43.7 Å². The summed E-state index contributed by atoms with van der Waals surface area (Å²) >= 11 is 3.35. The van der Waals surface area contributed by atoms with Gasteiger partial charge in [-0.05, 0) is 53.7 Å². The maximum Gasteiger partial charge on any atom is 0.262 e. The predicted molar refractivity (Wildman–Crippen MR) is 183 cm³/mol. The van der Waals surface area contributed by atoms with E-state index in [1.165, 1.54) is 16.0 Å². The number of imide groups is 1. The van der Waals surface area contributed by atoms with Crippen molar-refractivity contribution in [3.8, 4) is 0 Å². The van der Waals surface area contributed by atoms with Gasteiger partial charge in [-0.15, -0.1) is 0 Å². The number of carbonyl (C=O) groups is 2. The van der Waals surface area contributed by atoms with Gasteiger partial charge in [0.25, 0.3) is 5.01 Å². The Morgan fingerprint density at radius 3 is 2.48 bits per heavy atom. The summed E-state index contributed by atoms with van der Waals surface area (Å²) in [6.45, 7) is 5.92. The smallest absolute Gasteiger partial charge is 0.262 e. The second kappa shape index (κ2) is 13.3. The molecule has 0 N–H and O–H groups in total. The number of thioether (sulfide) groups is 1. The van der Waals surface area contributed by atoms with Crippen molar-refractivity contribution in [1.82, 2.24) is 4.90 Å². The Kier molecular flexibility index (Phi) is 9.38. The van der Waals surface area contributed by atoms with Gasteiger partial charge in [-0.2, -0.15) is 4.57 Å². The number of carbonyl (C=O) groups excluding carboxylic acids is 2. The number of aromatic nitrogens is 1. The monoisotopic (exact) mass is 675 g/mol. The van der Waals surface area contributed by atoms with Crippen molar-refractivity contribution < 1.29 is 27.1 Å². The maximum atomic E-state index is 12.3. The minimum absolute atomic E-state index is 0.0531. The van der Waals surface area contributed by atoms with Crippen LogP contribution in [0.5, 0.6) is 0 Å². The molecule has 6 rings (SSSR count). The number of allylic oxidation sites excluding steroid dienone is 6. The number of para-hydroxylation sites is 2. The van der Waals surface area contributed by atoms with Crippen LogP contribution in [0, 0.1) is 5.41 Å². The van der Waals surface area contributed by atoms with E-state index in [1.54, 1.807) is 23.1 Å². The van der Waals surface area contributed by atoms with Crippen LogP contribution in [-0.4, -0.2) is 48.5 Å². The average molecular weight is 676 g/mol. The van der Waals surface area contributed by atoms with E-state index in [9.17, 15) is 22.6 Å². The zero-order chi connectivity index (χ0) is 32.5. The number of amides is 2. The molecule has 0 atom stereocenters. The Morgan fingerprint density at radius 1 is 0.978 bits per heavy atom. The van der Waals surface area contributed by atoms with Crippen molar-refractivity contribution in [2.45, 2.75) is 57.4 Å². The molecule has 3 aromatic rings. The molecule has 2 aromatic carbocycles. The molecule has 0 saturated carbocycles. The first-order valence-electron chi connectivity index (χ1n) is 15.5. The number of aryl methyl sites for hydroxylation is 1. The summed E-state index contributed by atoms with van der Waals surface area (Å²) in [6, 6.07) is 16.3. The topological polar surface area (TPSA) is 102 Å². The Labute approximate surface area is 278 Å². The van der Waals surface area contributed by atoms with Crippen LogP contribution in [0.15, 0.2) is 93.9 Å². The Bertz CT molecular complexity index is 1900. The molecule has 11 heteroatoms. The largest absolute Gasteiger partial charge is 0.748 e. The molecule has 240 valence electrons. The fourth-order valence-corrected chi connectivity index (χ4v) is 9.14. The number of anilines is 1. The van der Waals surface area contributed by atoms with Crippen LogP contribution in [0.1, 0.15) is 51.0 Å². The van der Waals surface area contributed by atoms with Crippen molar-refractivity contribution in [2.75, 3.05) is 23.7 Å². The van der Waals surface area contributed by atoms with E-state index < -0.39 is 10.1 Å². The van der Waals surface area contributed by atoms with E-state index in [-0.39, 0.29) is 29.4 Å². The Hall–Kier alpha value is -3.51. The third-order valence-corrected chi connectivity index (χ3v) is 11.4. The third-order valence-electron chi connectivity index (χ3n) is 8.35. The van der Waals surface area contributed by atoms with Crippen molar-refractivity contribution >= 4 is 67.0 Å². The second-order valence-electron chi connectivity index (χ2n) is 12.7. The lowest BCUT2D eigenvalue weighted by molar-refractivity contribution is -0.668. The first-order chi connectivity index (χ1) is 22.0. The first-order valence-corrected chi connectivity index (χ1v) is 18.7. The highest BCUT2D eigenvalue weighted by molar-refractivity contribution is 8.03. The number of hydrogen-bond acceptors (Lipinski definition) is 8. The second-order valence-corrected chi connectivity index (χ2v) is 16.3. The molecule has 46 heavy (non-hydrogen) atoms. The number of nitrogens with zero attached hydrogens (tertiary/aromatic N) is 3. The van der Waals surface area contributed by atoms with Gasteiger partial charge in [0.15, 0.2) is 6.54 Å². The zero-order valence-corrected chi connectivity index (χ0v) is 28.4. The molecule has 0 spiro atoms. The molecule has 2 amide bonds. The zero-order valence-electron chi connectivity index (χ0n) is 26.0. The summed E-state index contributed by atoms with van der Waals surface area (Å²) in [6.07, 6.45) is 13.5. The average Bonchev–Trinajstić information content (AvgIpc) is 3.62. The highest BCUT2D eigenvalue weighted by atomic mass is 32.2. The van der Waals surface area contributed by atoms with Gasteiger partial charge in [0.2, 0.25) is 17.3 Å². The molecule has 1 aliphatic carbocycles. The molecule has 2 aliphatic heterocycles. The molecule has 0 radical (unpaired) electrons. The van der Waals surface area contributed by atoms with E-state index in [2.05, 4.69) is 65.8 Å². The minimum atomic E-state index is -4.26. The van der Waals surface area contributed by atoms with Crippen LogP contribution in [0.2, 0.25) is 0 Å². The minimum Gasteiger partial charge on any atom is -0.748 e. The van der Waals surface area contributed by atoms with E-state index in [4.69, 9.17) is 0 Å². The van der Waals surface area contributed by atoms with Gasteiger partial charge in [-0.3, -0.25) is 14.5 Å². The first kappa shape index (κ1) is 32.4. The normalized spacial score (nSPS) is 20.1. The van der Waals surface area contributed by atoms with E-state index in [0.29, 0.717) is 32.5 Å². The summed E-state index contributed by atoms with van der Waals surface area (Å²) < 4.78 is 36.8. The Balaban J connectivity index is 1.25. The standard InChI is InChI=1S/C35H37N3O5S3/c1-35(2)23-25(9-7-14-33-36(17-8-20-46(41,42)43)27-10-3-5-12-29(27)44-33)21-26(24-35)22-34-37(28-11-4-6-13-30(28)45-34)18-19-38-31(39)15-16-32(38)40/h3-7,9-14,21-22H,8,15-20,23-24H2,1-2H3. The molecule has 1 fully saturated rings. The molecular weight excluding hydrogens is 639 g/mol. The van der Waals surface area contributed by atoms with Gasteiger partial charge in [-0.1, -0.05) is 79.4 Å². The van der Waals surface area contributed by atoms with Gasteiger partial charge >= 0.3 is 0 Å². The number of benzene rings is 2. The molecule has 8 nitrogen and oxygen atoms in total. The van der Waals surface area contributed by atoms with Crippen LogP contribution in [-0.2, 0) is 26.3 Å². The lowest BCUT2D eigenvalue weighted by Crippen LogP contribution is -2.36. The highest BCUT2D eigenvalue weighted by Gasteiger charge is 2.32. The summed E-state index contributed by atoms with van der Waals surface area (Å²) in [5.41, 5.74) is 4.60. The van der Waals surface area contributed by atoms with Crippen molar-refractivity contribution in [3.63, 3.8) is 0 Å². The van der Waals surface area contributed by atoms with Gasteiger partial charge in [0.1, 0.15) is 4.70 Å². The van der Waals surface area contributed by atoms with Crippen LogP contribution >= 0.6 is 23.1 Å². The fraction of sp³-hybridized carbons (Fsp3) is 0.343. The van der Waals surface area contributed by atoms with Crippen LogP contribution in [0.3, 0.4) is 0 Å². The fourth-order valence-electron chi connectivity index (χ4n) is 6.39. The van der Waals surface area contributed by atoms with E-state index in [1.807, 2.05) is 36.4 Å². The molecule has 0 unspecified atom stereocenters. The van der Waals surface area contributed by atoms with Gasteiger partial charge in [0, 0.05) is 55.1 Å². The van der Waals surface area contributed by atoms with E-state index >= 15 is 0 Å². The molecular formula is C35H37N3O5S3. The molecule has 0 bridgehead atoms. The van der Waals surface area contributed by atoms with Gasteiger partial charge < -0.3 is 9.45 Å². The van der Waals surface area contributed by atoms with Gasteiger partial charge in [0.05, 0.1) is 20.8 Å². The number of likely N-dealkylation sites (tertiary alicyclic amines) is 1. The van der Waals surface area contributed by atoms with Crippen molar-refractivity contribution in [2.24, 2.45) is 5.41 Å². The summed E-state index contributed by atoms with van der Waals surface area (Å²) in [5.74, 6) is -0.566. The Morgan fingerprint density at radius 2 is 1.70 bits per heavy atom. The summed E-state index contributed by atoms with van der Waals surface area (Å²) in [5, 5.41) is 2.08. The molecule has 3 heterocycles. The lowest BCUT2D eigenvalue weighted by Gasteiger charge is -2.31. The van der Waals surface area contributed by atoms with Crippen molar-refractivity contribution in [1.29, 1.82) is 0 Å². The number of thiazole rings is 1. The summed E-state index contributed by atoms with van der Waals surface area (Å²) in [4.78, 5) is 29.3. The SMILES string of the molecule is CC1(C)CC(/C=C2\Sc3ccccc3N2CCN2C(=O)CCC2=O)=CC(=C/C=C/c2sc3ccccc3[n+]2CCCS(=O)(=O)[O-])/C1. The van der Waals surface area contributed by atoms with Crippen LogP contribution < -0.4 is 9.47 Å². The number of hydrogen-bond donors (Lipinski definition) is 0. The van der Waals surface area contributed by atoms with Crippen LogP contribution in [0.4, 0.5) is 5.69 Å². The summed E-state index contributed by atoms with van der Waals surface area (Å²) in [7, 11) is -4.26. The number of fused-ring (bicyclic) bond motifs is 2. The van der Waals surface area contributed by atoms with Crippen molar-refractivity contribution in [3.05, 3.63) is 94.0 Å². The third kappa shape index (κ3) is 7.54. The highest BCUT2D eigenvalue weighted by Crippen LogP contribution is 2.47. The van der Waals surface area contributed by atoms with Gasteiger partial charge in [-0.25, -0.2) is 8.42 Å². The molecule has 1 aromatic heterocycles.